The van der Waals surface area contributed by atoms with E-state index in [0.29, 0.717) is 0 Å². The summed E-state index contributed by atoms with van der Waals surface area (Å²) in [6, 6.07) is 4.52. The van der Waals surface area contributed by atoms with Crippen LogP contribution in [0.4, 0.5) is 0 Å². The Hall–Kier alpha value is -2.90. The van der Waals surface area contributed by atoms with E-state index in [2.05, 4.69) is 9.47 Å². The van der Waals surface area contributed by atoms with Crippen molar-refractivity contribution in [3.63, 3.8) is 0 Å². The number of esters is 4. The summed E-state index contributed by atoms with van der Waals surface area (Å²) in [6.45, 7) is 4.39. The normalized spacial score (nSPS) is 12.5. The first-order chi connectivity index (χ1) is 11.7. The highest BCUT2D eigenvalue weighted by molar-refractivity contribution is 5.96. The molecule has 1 aromatic rings. The number of aryl methyl sites for hydroxylation is 1. The van der Waals surface area contributed by atoms with Crippen molar-refractivity contribution in [2.75, 3.05) is 14.2 Å². The second-order valence-electron chi connectivity index (χ2n) is 5.28. The molecule has 1 rings (SSSR count). The Morgan fingerprint density at radius 2 is 1.20 bits per heavy atom. The van der Waals surface area contributed by atoms with Gasteiger partial charge in [-0.1, -0.05) is 6.07 Å². The zero-order chi connectivity index (χ0) is 19.1. The fraction of sp³-hybridized carbons (Fsp3) is 0.412. The average molecular weight is 352 g/mol. The van der Waals surface area contributed by atoms with E-state index < -0.39 is 35.7 Å². The summed E-state index contributed by atoms with van der Waals surface area (Å²) in [5, 5.41) is 0. The quantitative estimate of drug-likeness (QED) is 0.430. The first-order valence-corrected chi connectivity index (χ1v) is 7.41. The van der Waals surface area contributed by atoms with Crippen molar-refractivity contribution in [2.24, 2.45) is 11.8 Å². The Morgan fingerprint density at radius 3 is 1.64 bits per heavy atom. The molecule has 0 heterocycles. The van der Waals surface area contributed by atoms with E-state index in [9.17, 15) is 19.2 Å². The molecule has 2 atom stereocenters. The van der Waals surface area contributed by atoms with Crippen LogP contribution >= 0.6 is 0 Å². The van der Waals surface area contributed by atoms with Crippen molar-refractivity contribution in [1.29, 1.82) is 0 Å². The van der Waals surface area contributed by atoms with E-state index in [1.807, 2.05) is 0 Å². The first-order valence-electron chi connectivity index (χ1n) is 7.41. The minimum absolute atomic E-state index is 0.0498. The van der Waals surface area contributed by atoms with Crippen LogP contribution in [0, 0.1) is 18.8 Å². The molecule has 0 aliphatic heterocycles. The van der Waals surface area contributed by atoms with Gasteiger partial charge in [0.1, 0.15) is 0 Å². The number of rotatable bonds is 6. The number of ether oxygens (including phenoxy) is 4. The number of carbonyl (C=O) groups is 4. The van der Waals surface area contributed by atoms with Gasteiger partial charge >= 0.3 is 23.9 Å². The molecule has 8 nitrogen and oxygen atoms in total. The van der Waals surface area contributed by atoms with Gasteiger partial charge in [-0.2, -0.15) is 0 Å². The highest BCUT2D eigenvalue weighted by Gasteiger charge is 2.28. The number of hydrogen-bond acceptors (Lipinski definition) is 8. The second-order valence-corrected chi connectivity index (χ2v) is 5.28. The van der Waals surface area contributed by atoms with Gasteiger partial charge in [-0.3, -0.25) is 19.2 Å². The van der Waals surface area contributed by atoms with Gasteiger partial charge in [-0.25, -0.2) is 0 Å². The number of benzene rings is 1. The first kappa shape index (κ1) is 20.1. The predicted octanol–water partition coefficient (Wildman–Crippen LogP) is 1.42. The lowest BCUT2D eigenvalue weighted by Gasteiger charge is -2.14. The van der Waals surface area contributed by atoms with Crippen LogP contribution in [-0.2, 0) is 28.7 Å². The molecule has 25 heavy (non-hydrogen) atoms. The average Bonchev–Trinajstić information content (AvgIpc) is 2.60. The van der Waals surface area contributed by atoms with E-state index in [1.165, 1.54) is 26.0 Å². The molecule has 0 bridgehead atoms. The van der Waals surface area contributed by atoms with Crippen LogP contribution < -0.4 is 9.47 Å². The van der Waals surface area contributed by atoms with Crippen LogP contribution in [0.1, 0.15) is 19.4 Å². The summed E-state index contributed by atoms with van der Waals surface area (Å²) in [7, 11) is 2.31. The molecule has 0 aromatic heterocycles. The predicted molar refractivity (Wildman–Crippen MR) is 84.8 cm³/mol. The Balaban J connectivity index is 3.00. The van der Waals surface area contributed by atoms with Gasteiger partial charge in [0.15, 0.2) is 23.3 Å². The van der Waals surface area contributed by atoms with Crippen LogP contribution in [0.2, 0.25) is 0 Å². The summed E-state index contributed by atoms with van der Waals surface area (Å²) in [5.74, 6) is -5.65. The monoisotopic (exact) mass is 352 g/mol. The zero-order valence-corrected chi connectivity index (χ0v) is 14.7. The molecule has 0 saturated heterocycles. The number of carbonyl (C=O) groups excluding carboxylic acids is 4. The molecule has 2 unspecified atom stereocenters. The van der Waals surface area contributed by atoms with Gasteiger partial charge in [0.05, 0.1) is 14.2 Å². The highest BCUT2D eigenvalue weighted by Crippen LogP contribution is 2.30. The molecule has 0 aliphatic rings. The van der Waals surface area contributed by atoms with Crippen molar-refractivity contribution in [2.45, 2.75) is 20.8 Å². The molecule has 0 radical (unpaired) electrons. The smallest absolute Gasteiger partial charge is 0.325 e. The molecule has 136 valence electrons. The van der Waals surface area contributed by atoms with Gasteiger partial charge in [0.2, 0.25) is 0 Å². The molecule has 0 spiro atoms. The SMILES string of the molecule is COC(=O)C(C)C(=O)Oc1ccc(C)cc1OC(=O)C(C)C(=O)OC. The van der Waals surface area contributed by atoms with E-state index in [-0.39, 0.29) is 11.5 Å². The lowest BCUT2D eigenvalue weighted by atomic mass is 10.2. The Kier molecular flexibility index (Phi) is 7.10. The number of hydrogen-bond donors (Lipinski definition) is 0. The van der Waals surface area contributed by atoms with Crippen molar-refractivity contribution >= 4 is 23.9 Å². The lowest BCUT2D eigenvalue weighted by Crippen LogP contribution is -2.28. The van der Waals surface area contributed by atoms with E-state index >= 15 is 0 Å². The molecule has 1 aromatic carbocycles. The fourth-order valence-electron chi connectivity index (χ4n) is 1.72. The van der Waals surface area contributed by atoms with Crippen LogP contribution in [0.3, 0.4) is 0 Å². The van der Waals surface area contributed by atoms with Crippen molar-refractivity contribution in [3.8, 4) is 11.5 Å². The molecule has 0 amide bonds. The Bertz CT molecular complexity index is 679. The highest BCUT2D eigenvalue weighted by atomic mass is 16.6. The molecule has 0 fully saturated rings. The van der Waals surface area contributed by atoms with Crippen LogP contribution in [0.15, 0.2) is 18.2 Å². The maximum atomic E-state index is 12.0. The zero-order valence-electron chi connectivity index (χ0n) is 14.7. The van der Waals surface area contributed by atoms with Crippen molar-refractivity contribution in [1.82, 2.24) is 0 Å². The standard InChI is InChI=1S/C17H20O8/c1-9-6-7-12(24-16(20)10(2)14(18)22-4)13(8-9)25-17(21)11(3)15(19)23-5/h6-8,10-11H,1-5H3. The van der Waals surface area contributed by atoms with Crippen molar-refractivity contribution in [3.05, 3.63) is 23.8 Å². The molecular weight excluding hydrogens is 332 g/mol. The molecule has 0 aliphatic carbocycles. The summed E-state index contributed by atoms with van der Waals surface area (Å²) in [4.78, 5) is 46.8. The maximum Gasteiger partial charge on any atom is 0.325 e. The fourth-order valence-corrected chi connectivity index (χ4v) is 1.72. The van der Waals surface area contributed by atoms with E-state index in [1.54, 1.807) is 13.0 Å². The maximum absolute atomic E-state index is 12.0. The van der Waals surface area contributed by atoms with Crippen molar-refractivity contribution < 1.29 is 38.1 Å². The topological polar surface area (TPSA) is 105 Å². The van der Waals surface area contributed by atoms with Gasteiger partial charge in [0, 0.05) is 0 Å². The minimum Gasteiger partial charge on any atom is -0.468 e. The van der Waals surface area contributed by atoms with E-state index in [0.717, 1.165) is 19.8 Å². The van der Waals surface area contributed by atoms with Gasteiger partial charge in [0.25, 0.3) is 0 Å². The summed E-state index contributed by atoms with van der Waals surface area (Å²) < 4.78 is 19.2. The van der Waals surface area contributed by atoms with Crippen LogP contribution in [0.25, 0.3) is 0 Å². The van der Waals surface area contributed by atoms with Crippen LogP contribution in [-0.4, -0.2) is 38.1 Å². The second kappa shape index (κ2) is 8.81. The summed E-state index contributed by atoms with van der Waals surface area (Å²) >= 11 is 0. The molecule has 8 heteroatoms. The third-order valence-electron chi connectivity index (χ3n) is 3.34. The number of methoxy groups -OCH3 is 2. The van der Waals surface area contributed by atoms with E-state index in [4.69, 9.17) is 9.47 Å². The minimum atomic E-state index is -1.15. The van der Waals surface area contributed by atoms with Gasteiger partial charge < -0.3 is 18.9 Å². The lowest BCUT2D eigenvalue weighted by molar-refractivity contribution is -0.157. The molecular formula is C17H20O8. The van der Waals surface area contributed by atoms with Gasteiger partial charge in [-0.05, 0) is 38.5 Å². The third kappa shape index (κ3) is 5.30. The third-order valence-corrected chi connectivity index (χ3v) is 3.34. The largest absolute Gasteiger partial charge is 0.468 e. The Morgan fingerprint density at radius 1 is 0.760 bits per heavy atom. The summed E-state index contributed by atoms with van der Waals surface area (Å²) in [5.41, 5.74) is 0.731. The van der Waals surface area contributed by atoms with Crippen LogP contribution in [0.5, 0.6) is 11.5 Å². The van der Waals surface area contributed by atoms with Gasteiger partial charge in [-0.15, -0.1) is 0 Å². The molecule has 0 saturated carbocycles. The Labute approximate surface area is 145 Å². The molecule has 0 N–H and O–H groups in total. The summed E-state index contributed by atoms with van der Waals surface area (Å²) in [6.07, 6.45) is 0.